The Morgan fingerprint density at radius 3 is 2.12 bits per heavy atom. The van der Waals surface area contributed by atoms with Crippen molar-refractivity contribution in [2.75, 3.05) is 12.3 Å². The van der Waals surface area contributed by atoms with Crippen molar-refractivity contribution in [3.05, 3.63) is 89.4 Å². The van der Waals surface area contributed by atoms with Gasteiger partial charge in [-0.15, -0.1) is 0 Å². The minimum absolute atomic E-state index is 0.253. The number of aromatic nitrogens is 2. The summed E-state index contributed by atoms with van der Waals surface area (Å²) in [6.45, 7) is 3.17. The van der Waals surface area contributed by atoms with Crippen LogP contribution >= 0.6 is 27.7 Å². The Hall–Kier alpha value is -2.39. The highest BCUT2D eigenvalue weighted by molar-refractivity contribution is 9.10. The standard InChI is InChI=1S/C25H24BrN3O2S2/c1-2-29-24(20-11-7-4-8-12-20)23(19-9-5-3-6-10-19)28-25(29)32-18-17-27-33(30,31)22-15-13-21(26)14-16-22/h3-16,27H,2,17-18H2,1H3. The number of halogens is 1. The Balaban J connectivity index is 1.56. The number of nitrogens with zero attached hydrogens (tertiary/aromatic N) is 2. The van der Waals surface area contributed by atoms with Gasteiger partial charge in [0, 0.05) is 34.4 Å². The molecule has 0 saturated heterocycles. The second-order valence-corrected chi connectivity index (χ2v) is 11.0. The van der Waals surface area contributed by atoms with Crippen LogP contribution in [0.5, 0.6) is 0 Å². The molecule has 0 bridgehead atoms. The molecule has 0 unspecified atom stereocenters. The number of rotatable bonds is 9. The maximum Gasteiger partial charge on any atom is 0.240 e. The van der Waals surface area contributed by atoms with Gasteiger partial charge in [0.1, 0.15) is 0 Å². The molecule has 0 amide bonds. The maximum absolute atomic E-state index is 12.5. The lowest BCUT2D eigenvalue weighted by molar-refractivity contribution is 0.584. The first-order valence-corrected chi connectivity index (χ1v) is 13.8. The summed E-state index contributed by atoms with van der Waals surface area (Å²) in [4.78, 5) is 5.23. The van der Waals surface area contributed by atoms with Crippen molar-refractivity contribution in [1.29, 1.82) is 0 Å². The third kappa shape index (κ3) is 5.58. The van der Waals surface area contributed by atoms with E-state index in [1.807, 2.05) is 36.4 Å². The van der Waals surface area contributed by atoms with E-state index in [4.69, 9.17) is 4.98 Å². The lowest BCUT2D eigenvalue weighted by Crippen LogP contribution is -2.26. The highest BCUT2D eigenvalue weighted by atomic mass is 79.9. The van der Waals surface area contributed by atoms with E-state index in [1.165, 1.54) is 0 Å². The zero-order chi connectivity index (χ0) is 23.3. The van der Waals surface area contributed by atoms with Crippen LogP contribution in [-0.4, -0.2) is 30.3 Å². The van der Waals surface area contributed by atoms with Crippen LogP contribution in [-0.2, 0) is 16.6 Å². The molecule has 5 nitrogen and oxygen atoms in total. The normalized spacial score (nSPS) is 11.6. The van der Waals surface area contributed by atoms with E-state index < -0.39 is 10.0 Å². The molecule has 0 saturated carbocycles. The van der Waals surface area contributed by atoms with E-state index in [0.717, 1.165) is 38.7 Å². The van der Waals surface area contributed by atoms with Crippen molar-refractivity contribution in [1.82, 2.24) is 14.3 Å². The molecule has 0 aliphatic rings. The minimum Gasteiger partial charge on any atom is -0.319 e. The van der Waals surface area contributed by atoms with Crippen molar-refractivity contribution in [3.8, 4) is 22.5 Å². The molecule has 1 N–H and O–H groups in total. The molecule has 4 aromatic rings. The highest BCUT2D eigenvalue weighted by Gasteiger charge is 2.20. The van der Waals surface area contributed by atoms with Gasteiger partial charge in [0.25, 0.3) is 0 Å². The summed E-state index contributed by atoms with van der Waals surface area (Å²) in [6, 6.07) is 27.0. The first-order chi connectivity index (χ1) is 16.0. The molecule has 0 aliphatic carbocycles. The van der Waals surface area contributed by atoms with Gasteiger partial charge in [-0.05, 0) is 31.2 Å². The molecule has 8 heteroatoms. The van der Waals surface area contributed by atoms with Crippen LogP contribution in [0.15, 0.2) is 99.5 Å². The van der Waals surface area contributed by atoms with Gasteiger partial charge in [-0.1, -0.05) is 88.4 Å². The zero-order valence-electron chi connectivity index (χ0n) is 18.1. The van der Waals surface area contributed by atoms with Gasteiger partial charge < -0.3 is 4.57 Å². The van der Waals surface area contributed by atoms with E-state index in [1.54, 1.807) is 36.0 Å². The first kappa shape index (κ1) is 23.8. The van der Waals surface area contributed by atoms with Crippen molar-refractivity contribution in [3.63, 3.8) is 0 Å². The zero-order valence-corrected chi connectivity index (χ0v) is 21.3. The summed E-state index contributed by atoms with van der Waals surface area (Å²) >= 11 is 4.88. The number of imidazole rings is 1. The van der Waals surface area contributed by atoms with Crippen molar-refractivity contribution < 1.29 is 8.42 Å². The third-order valence-electron chi connectivity index (χ3n) is 5.09. The molecule has 0 atom stereocenters. The van der Waals surface area contributed by atoms with Crippen LogP contribution in [0.1, 0.15) is 6.92 Å². The Bertz CT molecular complexity index is 1310. The van der Waals surface area contributed by atoms with Gasteiger partial charge in [-0.3, -0.25) is 0 Å². The van der Waals surface area contributed by atoms with Crippen molar-refractivity contribution >= 4 is 37.7 Å². The maximum atomic E-state index is 12.5. The summed E-state index contributed by atoms with van der Waals surface area (Å²) in [7, 11) is -3.55. The monoisotopic (exact) mass is 541 g/mol. The topological polar surface area (TPSA) is 64.0 Å². The van der Waals surface area contributed by atoms with Crippen LogP contribution in [0, 0.1) is 0 Å². The van der Waals surface area contributed by atoms with E-state index in [2.05, 4.69) is 56.4 Å². The number of thioether (sulfide) groups is 1. The van der Waals surface area contributed by atoms with Gasteiger partial charge in [-0.25, -0.2) is 18.1 Å². The lowest BCUT2D eigenvalue weighted by Gasteiger charge is -2.11. The molecular formula is C25H24BrN3O2S2. The SMILES string of the molecule is CCn1c(SCCNS(=O)(=O)c2ccc(Br)cc2)nc(-c2ccccc2)c1-c1ccccc1. The Labute approximate surface area is 207 Å². The number of sulfonamides is 1. The lowest BCUT2D eigenvalue weighted by atomic mass is 10.0. The van der Waals surface area contributed by atoms with Gasteiger partial charge >= 0.3 is 0 Å². The fourth-order valence-corrected chi connectivity index (χ4v) is 5.88. The second kappa shape index (κ2) is 10.7. The highest BCUT2D eigenvalue weighted by Crippen LogP contribution is 2.35. The number of benzene rings is 3. The minimum atomic E-state index is -3.55. The summed E-state index contributed by atoms with van der Waals surface area (Å²) in [6.07, 6.45) is 0. The molecule has 170 valence electrons. The van der Waals surface area contributed by atoms with E-state index in [-0.39, 0.29) is 4.90 Å². The molecule has 0 fully saturated rings. The average molecular weight is 543 g/mol. The quantitative estimate of drug-likeness (QED) is 0.206. The first-order valence-electron chi connectivity index (χ1n) is 10.6. The van der Waals surface area contributed by atoms with E-state index >= 15 is 0 Å². The predicted octanol–water partition coefficient (Wildman–Crippen LogP) is 6.07. The molecule has 0 aliphatic heterocycles. The van der Waals surface area contributed by atoms with Gasteiger partial charge in [-0.2, -0.15) is 0 Å². The second-order valence-electron chi connectivity index (χ2n) is 7.27. The Morgan fingerprint density at radius 1 is 0.909 bits per heavy atom. The number of hydrogen-bond acceptors (Lipinski definition) is 4. The molecule has 3 aromatic carbocycles. The van der Waals surface area contributed by atoms with Gasteiger partial charge in [0.15, 0.2) is 5.16 Å². The number of nitrogens with one attached hydrogen (secondary N) is 1. The van der Waals surface area contributed by atoms with Crippen molar-refractivity contribution in [2.24, 2.45) is 0 Å². The van der Waals surface area contributed by atoms with Crippen LogP contribution in [0.25, 0.3) is 22.5 Å². The smallest absolute Gasteiger partial charge is 0.240 e. The Morgan fingerprint density at radius 2 is 1.52 bits per heavy atom. The van der Waals surface area contributed by atoms with Crippen LogP contribution < -0.4 is 4.72 Å². The molecule has 0 radical (unpaired) electrons. The van der Waals surface area contributed by atoms with Crippen LogP contribution in [0.2, 0.25) is 0 Å². The van der Waals surface area contributed by atoms with Gasteiger partial charge in [0.2, 0.25) is 10.0 Å². The summed E-state index contributed by atoms with van der Waals surface area (Å²) < 4.78 is 30.8. The van der Waals surface area contributed by atoms with Crippen LogP contribution in [0.4, 0.5) is 0 Å². The average Bonchev–Trinajstić information content (AvgIpc) is 3.22. The largest absolute Gasteiger partial charge is 0.319 e. The fourth-order valence-electron chi connectivity index (χ4n) is 3.54. The number of hydrogen-bond donors (Lipinski definition) is 1. The molecule has 33 heavy (non-hydrogen) atoms. The van der Waals surface area contributed by atoms with Gasteiger partial charge in [0.05, 0.1) is 16.3 Å². The molecule has 4 rings (SSSR count). The molecule has 0 spiro atoms. The summed E-state index contributed by atoms with van der Waals surface area (Å²) in [5, 5.41) is 0.873. The molecular weight excluding hydrogens is 518 g/mol. The van der Waals surface area contributed by atoms with E-state index in [0.29, 0.717) is 12.3 Å². The molecule has 1 heterocycles. The summed E-state index contributed by atoms with van der Waals surface area (Å²) in [5.74, 6) is 0.565. The summed E-state index contributed by atoms with van der Waals surface area (Å²) in [5.41, 5.74) is 4.17. The van der Waals surface area contributed by atoms with E-state index in [9.17, 15) is 8.42 Å². The van der Waals surface area contributed by atoms with Crippen LogP contribution in [0.3, 0.4) is 0 Å². The van der Waals surface area contributed by atoms with Crippen molar-refractivity contribution in [2.45, 2.75) is 23.5 Å². The predicted molar refractivity (Wildman–Crippen MR) is 139 cm³/mol. The molecule has 1 aromatic heterocycles. The Kier molecular flexibility index (Phi) is 7.70. The fraction of sp³-hybridized carbons (Fsp3) is 0.160. The third-order valence-corrected chi connectivity index (χ3v) is 8.08.